The number of nitrogens with zero attached hydrogens (tertiary/aromatic N) is 2. The van der Waals surface area contributed by atoms with Crippen LogP contribution in [0.2, 0.25) is 5.02 Å². The first-order valence-corrected chi connectivity index (χ1v) is 9.28. The molecule has 4 nitrogen and oxygen atoms in total. The number of amides is 1. The zero-order valence-electron chi connectivity index (χ0n) is 14.6. The van der Waals surface area contributed by atoms with E-state index in [0.29, 0.717) is 34.6 Å². The average molecular weight is 385 g/mol. The minimum Gasteiger partial charge on any atom is -0.342 e. The number of ketones is 1. The third-order valence-corrected chi connectivity index (χ3v) is 5.36. The molecule has 0 saturated carbocycles. The predicted molar refractivity (Wildman–Crippen MR) is 103 cm³/mol. The number of hydrogen-bond donors (Lipinski definition) is 0. The molecule has 1 amide bonds. The summed E-state index contributed by atoms with van der Waals surface area (Å²) in [6.45, 7) is 1.42. The predicted octanol–water partition coefficient (Wildman–Crippen LogP) is 4.29. The van der Waals surface area contributed by atoms with Crippen LogP contribution >= 0.6 is 11.6 Å². The van der Waals surface area contributed by atoms with E-state index >= 15 is 0 Å². The van der Waals surface area contributed by atoms with Crippen LogP contribution in [0.3, 0.4) is 0 Å². The smallest absolute Gasteiger partial charge is 0.295 e. The minimum absolute atomic E-state index is 0.178. The molecule has 2 heterocycles. The molecule has 2 aromatic carbocycles. The van der Waals surface area contributed by atoms with Gasteiger partial charge >= 0.3 is 0 Å². The van der Waals surface area contributed by atoms with Crippen LogP contribution in [0.15, 0.2) is 48.7 Å². The summed E-state index contributed by atoms with van der Waals surface area (Å²) in [4.78, 5) is 27.0. The summed E-state index contributed by atoms with van der Waals surface area (Å²) in [5, 5.41) is 1.01. The zero-order chi connectivity index (χ0) is 19.0. The van der Waals surface area contributed by atoms with Crippen molar-refractivity contribution in [3.05, 3.63) is 70.6 Å². The van der Waals surface area contributed by atoms with Crippen LogP contribution in [0, 0.1) is 5.82 Å². The number of carbonyl (C=O) groups is 2. The number of para-hydroxylation sites is 1. The molecule has 1 aliphatic rings. The van der Waals surface area contributed by atoms with Gasteiger partial charge in [0.05, 0.1) is 12.1 Å². The van der Waals surface area contributed by atoms with E-state index in [-0.39, 0.29) is 6.54 Å². The highest BCUT2D eigenvalue weighted by Crippen LogP contribution is 2.26. The van der Waals surface area contributed by atoms with Crippen LogP contribution in [-0.4, -0.2) is 34.2 Å². The molecule has 4 rings (SSSR count). The fraction of sp³-hybridized carbons (Fsp3) is 0.238. The largest absolute Gasteiger partial charge is 0.342 e. The van der Waals surface area contributed by atoms with Gasteiger partial charge in [-0.2, -0.15) is 0 Å². The monoisotopic (exact) mass is 384 g/mol. The maximum atomic E-state index is 14.2. The number of Topliss-reactive ketones (excluding diaryl/α,β-unsaturated/α-hetero) is 1. The molecule has 138 valence electrons. The van der Waals surface area contributed by atoms with E-state index in [1.165, 1.54) is 6.07 Å². The van der Waals surface area contributed by atoms with Crippen molar-refractivity contribution >= 4 is 34.2 Å². The van der Waals surface area contributed by atoms with Crippen LogP contribution in [0.5, 0.6) is 0 Å². The highest BCUT2D eigenvalue weighted by molar-refractivity contribution is 6.44. The van der Waals surface area contributed by atoms with Gasteiger partial charge in [0.2, 0.25) is 0 Å². The van der Waals surface area contributed by atoms with Gasteiger partial charge in [-0.15, -0.1) is 0 Å². The Labute approximate surface area is 161 Å². The summed E-state index contributed by atoms with van der Waals surface area (Å²) < 4.78 is 16.0. The van der Waals surface area contributed by atoms with E-state index < -0.39 is 17.5 Å². The molecule has 1 aliphatic heterocycles. The summed E-state index contributed by atoms with van der Waals surface area (Å²) in [5.41, 5.74) is 1.45. The fourth-order valence-corrected chi connectivity index (χ4v) is 3.81. The van der Waals surface area contributed by atoms with Gasteiger partial charge in [0.25, 0.3) is 11.7 Å². The van der Waals surface area contributed by atoms with Crippen molar-refractivity contribution in [3.63, 3.8) is 0 Å². The molecule has 1 aromatic heterocycles. The van der Waals surface area contributed by atoms with Gasteiger partial charge in [0.1, 0.15) is 5.82 Å². The Bertz CT molecular complexity index is 1020. The molecule has 1 saturated heterocycles. The maximum Gasteiger partial charge on any atom is 0.295 e. The number of aromatic nitrogens is 1. The number of fused-ring (bicyclic) bond motifs is 1. The topological polar surface area (TPSA) is 42.3 Å². The lowest BCUT2D eigenvalue weighted by atomic mass is 10.1. The molecule has 3 aromatic rings. The van der Waals surface area contributed by atoms with E-state index in [4.69, 9.17) is 11.6 Å². The number of hydrogen-bond acceptors (Lipinski definition) is 2. The van der Waals surface area contributed by atoms with Crippen LogP contribution in [0.4, 0.5) is 4.39 Å². The number of carbonyl (C=O) groups excluding carboxylic acids is 2. The number of likely N-dealkylation sites (tertiary alicyclic amines) is 1. The molecular weight excluding hydrogens is 367 g/mol. The number of halogens is 2. The fourth-order valence-electron chi connectivity index (χ4n) is 3.59. The molecule has 0 unspecified atom stereocenters. The van der Waals surface area contributed by atoms with E-state index in [1.54, 1.807) is 33.9 Å². The van der Waals surface area contributed by atoms with Gasteiger partial charge in [0, 0.05) is 40.8 Å². The Kier molecular flexibility index (Phi) is 4.70. The van der Waals surface area contributed by atoms with Gasteiger partial charge in [-0.3, -0.25) is 9.59 Å². The summed E-state index contributed by atoms with van der Waals surface area (Å²) in [6.07, 6.45) is 3.48. The van der Waals surface area contributed by atoms with Gasteiger partial charge in [-0.05, 0) is 31.0 Å². The van der Waals surface area contributed by atoms with Gasteiger partial charge in [-0.1, -0.05) is 35.9 Å². The molecular formula is C21H18ClFN2O2. The van der Waals surface area contributed by atoms with E-state index in [2.05, 4.69) is 0 Å². The molecule has 27 heavy (non-hydrogen) atoms. The summed E-state index contributed by atoms with van der Waals surface area (Å²) in [6, 6.07) is 11.9. The van der Waals surface area contributed by atoms with Crippen LogP contribution < -0.4 is 0 Å². The van der Waals surface area contributed by atoms with Gasteiger partial charge in [0.15, 0.2) is 0 Å². The Morgan fingerprint density at radius 3 is 2.52 bits per heavy atom. The van der Waals surface area contributed by atoms with Crippen molar-refractivity contribution in [1.29, 1.82) is 0 Å². The quantitative estimate of drug-likeness (QED) is 0.497. The minimum atomic E-state index is -0.522. The Morgan fingerprint density at radius 2 is 1.78 bits per heavy atom. The highest BCUT2D eigenvalue weighted by Gasteiger charge is 2.28. The lowest BCUT2D eigenvalue weighted by Gasteiger charge is -2.13. The molecule has 0 radical (unpaired) electrons. The summed E-state index contributed by atoms with van der Waals surface area (Å²) in [7, 11) is 0. The first-order valence-electron chi connectivity index (χ1n) is 8.90. The normalized spacial score (nSPS) is 14.1. The Morgan fingerprint density at radius 1 is 1.04 bits per heavy atom. The van der Waals surface area contributed by atoms with Gasteiger partial charge < -0.3 is 9.47 Å². The molecule has 0 spiro atoms. The SMILES string of the molecule is O=C(C(=O)N1CCCC1)c1cn(Cc2c(F)cccc2Cl)c2ccccc12. The second-order valence-electron chi connectivity index (χ2n) is 6.72. The first-order chi connectivity index (χ1) is 13.1. The van der Waals surface area contributed by atoms with E-state index in [1.807, 2.05) is 18.2 Å². The molecule has 0 bridgehead atoms. The van der Waals surface area contributed by atoms with Crippen molar-refractivity contribution in [2.45, 2.75) is 19.4 Å². The second kappa shape index (κ2) is 7.16. The third-order valence-electron chi connectivity index (χ3n) is 5.01. The zero-order valence-corrected chi connectivity index (χ0v) is 15.4. The molecule has 0 N–H and O–H groups in total. The van der Waals surface area contributed by atoms with Crippen LogP contribution in [0.25, 0.3) is 10.9 Å². The third kappa shape index (κ3) is 3.23. The van der Waals surface area contributed by atoms with E-state index in [0.717, 1.165) is 18.4 Å². The number of rotatable bonds is 4. The van der Waals surface area contributed by atoms with E-state index in [9.17, 15) is 14.0 Å². The van der Waals surface area contributed by atoms with Crippen molar-refractivity contribution < 1.29 is 14.0 Å². The van der Waals surface area contributed by atoms with Crippen molar-refractivity contribution in [2.75, 3.05) is 13.1 Å². The Hall–Kier alpha value is -2.66. The standard InChI is InChI=1S/C21H18ClFN2O2/c22-17-7-5-8-18(23)16(17)13-25-12-15(14-6-1-2-9-19(14)25)20(26)21(27)24-10-3-4-11-24/h1-2,5-9,12H,3-4,10-11,13H2. The van der Waals surface area contributed by atoms with Crippen LogP contribution in [0.1, 0.15) is 28.8 Å². The number of benzene rings is 2. The second-order valence-corrected chi connectivity index (χ2v) is 7.12. The summed E-state index contributed by atoms with van der Waals surface area (Å²) in [5.74, 6) is -1.40. The molecule has 0 aliphatic carbocycles. The molecule has 6 heteroatoms. The maximum absolute atomic E-state index is 14.2. The molecule has 0 atom stereocenters. The molecule has 1 fully saturated rings. The Balaban J connectivity index is 1.75. The highest BCUT2D eigenvalue weighted by atomic mass is 35.5. The lowest BCUT2D eigenvalue weighted by Crippen LogP contribution is -2.34. The van der Waals surface area contributed by atoms with Crippen molar-refractivity contribution in [1.82, 2.24) is 9.47 Å². The lowest BCUT2D eigenvalue weighted by molar-refractivity contribution is -0.125. The summed E-state index contributed by atoms with van der Waals surface area (Å²) >= 11 is 6.16. The van der Waals surface area contributed by atoms with Crippen LogP contribution in [-0.2, 0) is 11.3 Å². The van der Waals surface area contributed by atoms with Crippen molar-refractivity contribution in [2.24, 2.45) is 0 Å². The van der Waals surface area contributed by atoms with Crippen molar-refractivity contribution in [3.8, 4) is 0 Å². The first kappa shape index (κ1) is 17.7. The van der Waals surface area contributed by atoms with Gasteiger partial charge in [-0.25, -0.2) is 4.39 Å². The average Bonchev–Trinajstić information content (AvgIpc) is 3.32.